The average Bonchev–Trinajstić information content (AvgIpc) is 2.82. The second kappa shape index (κ2) is 10.6. The Morgan fingerprint density at radius 3 is 2.34 bits per heavy atom. The lowest BCUT2D eigenvalue weighted by atomic mass is 10.2. The molecule has 0 amide bonds. The maximum atomic E-state index is 12.2. The molecule has 0 aliphatic carbocycles. The summed E-state index contributed by atoms with van der Waals surface area (Å²) < 4.78 is 15.9. The monoisotopic (exact) mass is 431 g/mol. The fraction of sp³-hybridized carbons (Fsp3) is 0.0800. The van der Waals surface area contributed by atoms with E-state index in [9.17, 15) is 9.59 Å². The predicted molar refractivity (Wildman–Crippen MR) is 121 cm³/mol. The van der Waals surface area contributed by atoms with Gasteiger partial charge in [-0.1, -0.05) is 12.1 Å². The lowest BCUT2D eigenvalue weighted by molar-refractivity contribution is -0.129. The van der Waals surface area contributed by atoms with E-state index in [2.05, 4.69) is 4.99 Å². The summed E-state index contributed by atoms with van der Waals surface area (Å²) in [6.07, 6.45) is 4.56. The van der Waals surface area contributed by atoms with Crippen LogP contribution in [0.5, 0.6) is 17.2 Å². The van der Waals surface area contributed by atoms with Gasteiger partial charge in [0, 0.05) is 12.3 Å². The molecule has 0 heterocycles. The van der Waals surface area contributed by atoms with E-state index >= 15 is 0 Å². The highest BCUT2D eigenvalue weighted by molar-refractivity contribution is 5.90. The van der Waals surface area contributed by atoms with E-state index < -0.39 is 11.9 Å². The van der Waals surface area contributed by atoms with Crippen LogP contribution in [0.1, 0.15) is 21.5 Å². The summed E-state index contributed by atoms with van der Waals surface area (Å²) in [5.41, 5.74) is 2.32. The molecule has 0 fully saturated rings. The summed E-state index contributed by atoms with van der Waals surface area (Å²) in [7, 11) is 3.05. The van der Waals surface area contributed by atoms with Crippen molar-refractivity contribution >= 4 is 29.9 Å². The van der Waals surface area contributed by atoms with E-state index in [1.165, 1.54) is 25.3 Å². The van der Waals surface area contributed by atoms with Crippen molar-refractivity contribution in [2.24, 2.45) is 4.99 Å². The number of esters is 1. The van der Waals surface area contributed by atoms with E-state index in [0.29, 0.717) is 17.2 Å². The third-order valence-corrected chi connectivity index (χ3v) is 4.38. The Hall–Kier alpha value is -4.39. The largest absolute Gasteiger partial charge is 0.497 e. The van der Waals surface area contributed by atoms with E-state index in [-0.39, 0.29) is 11.3 Å². The lowest BCUT2D eigenvalue weighted by Gasteiger charge is -2.08. The van der Waals surface area contributed by atoms with Crippen molar-refractivity contribution in [3.05, 3.63) is 89.5 Å². The van der Waals surface area contributed by atoms with Crippen molar-refractivity contribution in [2.75, 3.05) is 14.2 Å². The number of benzene rings is 3. The average molecular weight is 431 g/mol. The predicted octanol–water partition coefficient (Wildman–Crippen LogP) is 4.77. The molecular weight excluding hydrogens is 410 g/mol. The molecule has 3 aromatic carbocycles. The zero-order chi connectivity index (χ0) is 22.9. The Labute approximate surface area is 185 Å². The highest BCUT2D eigenvalue weighted by atomic mass is 16.6. The van der Waals surface area contributed by atoms with Gasteiger partial charge < -0.3 is 19.3 Å². The molecule has 0 aromatic heterocycles. The number of nitrogens with zero attached hydrogens (tertiary/aromatic N) is 1. The fourth-order valence-corrected chi connectivity index (χ4v) is 2.74. The van der Waals surface area contributed by atoms with Crippen molar-refractivity contribution in [1.29, 1.82) is 0 Å². The van der Waals surface area contributed by atoms with Crippen molar-refractivity contribution in [3.8, 4) is 17.2 Å². The van der Waals surface area contributed by atoms with Crippen molar-refractivity contribution in [3.63, 3.8) is 0 Å². The number of rotatable bonds is 8. The van der Waals surface area contributed by atoms with E-state index in [4.69, 9.17) is 19.3 Å². The summed E-state index contributed by atoms with van der Waals surface area (Å²) in [4.78, 5) is 27.4. The molecule has 162 valence electrons. The lowest BCUT2D eigenvalue weighted by Crippen LogP contribution is -2.05. The highest BCUT2D eigenvalue weighted by Gasteiger charge is 2.09. The first-order valence-corrected chi connectivity index (χ1v) is 9.58. The fourth-order valence-electron chi connectivity index (χ4n) is 2.74. The van der Waals surface area contributed by atoms with Gasteiger partial charge in [-0.2, -0.15) is 0 Å². The van der Waals surface area contributed by atoms with Crippen LogP contribution in [-0.4, -0.2) is 37.5 Å². The Morgan fingerprint density at radius 1 is 0.875 bits per heavy atom. The first kappa shape index (κ1) is 22.3. The number of carboxylic acids is 1. The minimum absolute atomic E-state index is 0.192. The normalized spacial score (nSPS) is 10.9. The minimum atomic E-state index is -0.992. The van der Waals surface area contributed by atoms with Crippen LogP contribution < -0.4 is 14.2 Å². The van der Waals surface area contributed by atoms with Crippen LogP contribution >= 0.6 is 0 Å². The van der Waals surface area contributed by atoms with Crippen LogP contribution in [0.2, 0.25) is 0 Å². The number of aromatic carboxylic acids is 1. The second-order valence-corrected chi connectivity index (χ2v) is 6.55. The smallest absolute Gasteiger partial charge is 0.336 e. The number of hydrogen-bond acceptors (Lipinski definition) is 6. The number of carboxylic acid groups (broad SMARTS) is 1. The van der Waals surface area contributed by atoms with Crippen LogP contribution in [0.25, 0.3) is 6.08 Å². The number of ether oxygens (including phenoxy) is 3. The van der Waals surface area contributed by atoms with Crippen LogP contribution in [0.4, 0.5) is 5.69 Å². The molecule has 7 heteroatoms. The summed E-state index contributed by atoms with van der Waals surface area (Å²) in [5, 5.41) is 8.95. The molecule has 0 aliphatic heterocycles. The molecule has 32 heavy (non-hydrogen) atoms. The number of hydrogen-bond donors (Lipinski definition) is 1. The maximum Gasteiger partial charge on any atom is 0.336 e. The minimum Gasteiger partial charge on any atom is -0.497 e. The summed E-state index contributed by atoms with van der Waals surface area (Å²) in [5.74, 6) is -0.203. The Kier molecular flexibility index (Phi) is 7.37. The zero-order valence-electron chi connectivity index (χ0n) is 17.5. The number of methoxy groups -OCH3 is 2. The highest BCUT2D eigenvalue weighted by Crippen LogP contribution is 2.28. The standard InChI is InChI=1S/C25H21NO6/c1-30-21-5-3-4-17(14-21)7-13-24(27)32-22-12-6-18(15-23(22)31-2)16-26-20-10-8-19(9-11-20)25(28)29/h3-16H,1-2H3,(H,28,29)/b13-7+,26-16?. The zero-order valence-corrected chi connectivity index (χ0v) is 17.5. The van der Waals surface area contributed by atoms with Crippen LogP contribution in [0, 0.1) is 0 Å². The van der Waals surface area contributed by atoms with Gasteiger partial charge in [0.1, 0.15) is 5.75 Å². The number of aliphatic imine (C=N–C) groups is 1. The van der Waals surface area contributed by atoms with Gasteiger partial charge in [0.2, 0.25) is 0 Å². The molecule has 0 saturated carbocycles. The summed E-state index contributed by atoms with van der Waals surface area (Å²) in [6, 6.07) is 18.5. The van der Waals surface area contributed by atoms with Gasteiger partial charge in [-0.15, -0.1) is 0 Å². The van der Waals surface area contributed by atoms with Gasteiger partial charge in [0.05, 0.1) is 25.5 Å². The van der Waals surface area contributed by atoms with Crippen molar-refractivity contribution in [1.82, 2.24) is 0 Å². The SMILES string of the molecule is COc1cccc(/C=C/C(=O)Oc2ccc(C=Nc3ccc(C(=O)O)cc3)cc2OC)c1. The first-order valence-electron chi connectivity index (χ1n) is 9.58. The topological polar surface area (TPSA) is 94.4 Å². The quantitative estimate of drug-likeness (QED) is 0.239. The summed E-state index contributed by atoms with van der Waals surface area (Å²) >= 11 is 0. The third-order valence-electron chi connectivity index (χ3n) is 4.38. The van der Waals surface area contributed by atoms with Crippen molar-refractivity contribution in [2.45, 2.75) is 0 Å². The molecule has 3 aromatic rings. The van der Waals surface area contributed by atoms with Gasteiger partial charge in [-0.25, -0.2) is 9.59 Å². The Balaban J connectivity index is 1.68. The van der Waals surface area contributed by atoms with Gasteiger partial charge in [-0.05, 0) is 71.8 Å². The van der Waals surface area contributed by atoms with Gasteiger partial charge >= 0.3 is 11.9 Å². The van der Waals surface area contributed by atoms with E-state index in [1.807, 2.05) is 18.2 Å². The Morgan fingerprint density at radius 2 is 1.66 bits per heavy atom. The molecule has 0 spiro atoms. The molecule has 0 aliphatic rings. The molecule has 1 N–H and O–H groups in total. The van der Waals surface area contributed by atoms with Crippen LogP contribution in [0.3, 0.4) is 0 Å². The molecule has 0 radical (unpaired) electrons. The molecule has 0 unspecified atom stereocenters. The van der Waals surface area contributed by atoms with Gasteiger partial charge in [-0.3, -0.25) is 4.99 Å². The molecule has 7 nitrogen and oxygen atoms in total. The molecule has 0 saturated heterocycles. The molecular formula is C25H21NO6. The van der Waals surface area contributed by atoms with Gasteiger partial charge in [0.25, 0.3) is 0 Å². The van der Waals surface area contributed by atoms with Crippen LogP contribution in [-0.2, 0) is 4.79 Å². The number of carbonyl (C=O) groups is 2. The van der Waals surface area contributed by atoms with E-state index in [0.717, 1.165) is 11.1 Å². The summed E-state index contributed by atoms with van der Waals surface area (Å²) in [6.45, 7) is 0. The van der Waals surface area contributed by atoms with Gasteiger partial charge in [0.15, 0.2) is 11.5 Å². The van der Waals surface area contributed by atoms with E-state index in [1.54, 1.807) is 55.8 Å². The third kappa shape index (κ3) is 6.06. The Bertz CT molecular complexity index is 1170. The molecule has 0 bridgehead atoms. The number of carbonyl (C=O) groups excluding carboxylic acids is 1. The maximum absolute atomic E-state index is 12.2. The van der Waals surface area contributed by atoms with Crippen molar-refractivity contribution < 1.29 is 28.9 Å². The molecule has 0 atom stereocenters. The molecule has 3 rings (SSSR count). The first-order chi connectivity index (χ1) is 15.5. The second-order valence-electron chi connectivity index (χ2n) is 6.55. The van der Waals surface area contributed by atoms with Crippen LogP contribution in [0.15, 0.2) is 77.8 Å².